The Labute approximate surface area is 904 Å². The minimum absolute atomic E-state index is 0.535. The minimum atomic E-state index is 0.535. The van der Waals surface area contributed by atoms with Gasteiger partial charge < -0.3 is 37.9 Å². The zero-order valence-corrected chi connectivity index (χ0v) is 93.6. The van der Waals surface area contributed by atoms with E-state index in [0.717, 1.165) is 103 Å². The maximum Gasteiger partial charge on any atom is 0.136 e. The summed E-state index contributed by atoms with van der Waals surface area (Å²) in [6.07, 6.45) is 101. The van der Waals surface area contributed by atoms with Crippen molar-refractivity contribution in [1.29, 1.82) is 0 Å². The molecule has 0 aliphatic carbocycles. The van der Waals surface area contributed by atoms with E-state index >= 15 is 0 Å². The maximum absolute atomic E-state index is 6.66. The summed E-state index contributed by atoms with van der Waals surface area (Å²) in [5.41, 5.74) is 9.27. The van der Waals surface area contributed by atoms with Crippen molar-refractivity contribution in [3.05, 3.63) is 163 Å². The highest BCUT2D eigenvalue weighted by atomic mass is 16.5. The van der Waals surface area contributed by atoms with Crippen molar-refractivity contribution in [2.45, 2.75) is 466 Å². The fourth-order valence-electron chi connectivity index (χ4n) is 18.0. The highest BCUT2D eigenvalue weighted by molar-refractivity contribution is 5.66. The van der Waals surface area contributed by atoms with E-state index in [1.165, 1.54) is 308 Å². The molecule has 8 nitrogen and oxygen atoms in total. The van der Waals surface area contributed by atoms with Gasteiger partial charge in [0.15, 0.2) is 0 Å². The summed E-state index contributed by atoms with van der Waals surface area (Å²) in [5.74, 6) is 69.7. The van der Waals surface area contributed by atoms with Crippen LogP contribution in [0.25, 0.3) is 0 Å². The molecule has 0 amide bonds. The lowest BCUT2D eigenvalue weighted by Crippen LogP contribution is -2.03. The quantitative estimate of drug-likeness (QED) is 0.0276. The van der Waals surface area contributed by atoms with Gasteiger partial charge in [0, 0.05) is 81.9 Å². The Kier molecular flexibility index (Phi) is 72.9. The van der Waals surface area contributed by atoms with Crippen LogP contribution in [0.2, 0.25) is 0 Å². The molecule has 0 unspecified atom stereocenters. The van der Waals surface area contributed by atoms with E-state index in [-0.39, 0.29) is 0 Å². The van der Waals surface area contributed by atoms with Crippen molar-refractivity contribution < 1.29 is 37.9 Å². The first kappa shape index (κ1) is 125. The molecule has 0 spiro atoms. The Morgan fingerprint density at radius 3 is 0.405 bits per heavy atom. The van der Waals surface area contributed by atoms with E-state index in [0.29, 0.717) is 177 Å². The highest BCUT2D eigenvalue weighted by Gasteiger charge is 2.18. The van der Waals surface area contributed by atoms with Crippen molar-refractivity contribution in [3.63, 3.8) is 0 Å². The number of benzene rings is 6. The van der Waals surface area contributed by atoms with Gasteiger partial charge in [-0.15, -0.1) is 25.7 Å². The molecule has 6 rings (SSSR count). The lowest BCUT2D eigenvalue weighted by atomic mass is 10.0. The van der Waals surface area contributed by atoms with Gasteiger partial charge in [0.25, 0.3) is 0 Å². The normalized spacial score (nSPS) is 10.4. The summed E-state index contributed by atoms with van der Waals surface area (Å²) in [4.78, 5) is 0. The van der Waals surface area contributed by atoms with E-state index < -0.39 is 0 Å². The van der Waals surface area contributed by atoms with Gasteiger partial charge in [-0.05, 0) is 123 Å². The highest BCUT2D eigenvalue weighted by Crippen LogP contribution is 2.36. The summed E-state index contributed by atoms with van der Waals surface area (Å²) in [5, 5.41) is 0. The topological polar surface area (TPSA) is 73.8 Å². The Hall–Kier alpha value is -11.6. The monoisotopic (exact) mass is 2000 g/mol. The minimum Gasteiger partial charge on any atom is -0.492 e. The van der Waals surface area contributed by atoms with Crippen LogP contribution in [-0.4, -0.2) is 52.9 Å². The van der Waals surface area contributed by atoms with Gasteiger partial charge in [-0.3, -0.25) is 0 Å². The summed E-state index contributed by atoms with van der Waals surface area (Å²) >= 11 is 0. The molecule has 0 heterocycles. The Morgan fingerprint density at radius 1 is 0.135 bits per heavy atom. The third-order valence-corrected chi connectivity index (χ3v) is 27.0. The maximum atomic E-state index is 6.66. The fraction of sp³-hybridized carbons (Fsp3) is 0.571. The smallest absolute Gasteiger partial charge is 0.136 e. The molecule has 794 valence electrons. The number of ether oxygens (including phenoxy) is 8. The van der Waals surface area contributed by atoms with Gasteiger partial charge in [0.2, 0.25) is 0 Å². The molecule has 0 aliphatic rings. The lowest BCUT2D eigenvalue weighted by molar-refractivity contribution is 0.295. The Bertz CT molecular complexity index is 4800. The average molecular weight is 2000 g/mol. The van der Waals surface area contributed by atoms with E-state index in [4.69, 9.17) is 63.6 Å². The molecule has 0 aliphatic heterocycles. The van der Waals surface area contributed by atoms with Crippen LogP contribution < -0.4 is 37.9 Å². The molecule has 8 heteroatoms. The van der Waals surface area contributed by atoms with Crippen molar-refractivity contribution in [1.82, 2.24) is 0 Å². The second kappa shape index (κ2) is 86.3. The van der Waals surface area contributed by atoms with Crippen LogP contribution in [0.5, 0.6) is 46.0 Å². The Balaban J connectivity index is 1.50. The number of hydrogen-bond acceptors (Lipinski definition) is 8. The molecule has 148 heavy (non-hydrogen) atoms. The largest absolute Gasteiger partial charge is 0.492 e. The molecule has 0 N–H and O–H groups in total. The molecular formula is C140H186O8. The second-order valence-electron chi connectivity index (χ2n) is 40.1. The molecule has 0 fully saturated rings. The van der Waals surface area contributed by atoms with Crippen LogP contribution in [0.3, 0.4) is 0 Å². The molecule has 0 aromatic heterocycles. The van der Waals surface area contributed by atoms with E-state index in [9.17, 15) is 0 Å². The van der Waals surface area contributed by atoms with Crippen molar-refractivity contribution >= 4 is 0 Å². The predicted molar refractivity (Wildman–Crippen MR) is 628 cm³/mol. The van der Waals surface area contributed by atoms with Gasteiger partial charge in [0.05, 0.1) is 97.4 Å². The number of terminal acetylenes is 4. The Morgan fingerprint density at radius 2 is 0.257 bits per heavy atom. The fourth-order valence-corrected chi connectivity index (χ4v) is 18.0. The molecule has 0 saturated heterocycles. The van der Waals surface area contributed by atoms with Crippen LogP contribution >= 0.6 is 0 Å². The molecule has 6 aromatic carbocycles. The van der Waals surface area contributed by atoms with Crippen LogP contribution in [0, 0.1) is 144 Å². The van der Waals surface area contributed by atoms with Gasteiger partial charge >= 0.3 is 0 Å². The van der Waals surface area contributed by atoms with Crippen LogP contribution in [0.15, 0.2) is 84.9 Å². The third-order valence-electron chi connectivity index (χ3n) is 27.0. The second-order valence-corrected chi connectivity index (χ2v) is 40.1. The standard InChI is InChI=1S/C140H186O8/c1-13-25-33-41-49-59-69-79-97-141-133-115-129(137(111-125(133)21-9)145-101-83-73-63-53-45-37-29-17-5)93-89-121-105-119(106-122(109-121)90-94-130-116-134(142-98-80-70-60-50-42-34-26-14-2)126(22-10)112-138(130)146-102-84-74-64-54-46-38-30-18-6)87-77-67-57-58-68-78-88-120-107-123(91-95-131-117-135(143-99-81-71-61-51-43-35-27-15-3)127(23-11)113-139(131)147-103-85-75-65-55-47-39-31-19-7)110-124(108-120)92-96-132-118-136(144-100-82-72-62-52-44-36-28-16-4)128(24-12)114-140(132)148-104-86-76-66-56-48-40-32-20-8/h9-12,105-118H,13-20,25-56,59-66,69-76,79-86,97-104H2,1-8H3. The average Bonchev–Trinajstić information content (AvgIpc) is 0.830. The first-order valence-corrected chi connectivity index (χ1v) is 59.1. The summed E-state index contributed by atoms with van der Waals surface area (Å²) in [7, 11) is 0. The van der Waals surface area contributed by atoms with E-state index in [2.05, 4.69) is 174 Å². The third kappa shape index (κ3) is 57.8. The number of hydrogen-bond donors (Lipinski definition) is 0. The van der Waals surface area contributed by atoms with Gasteiger partial charge in [-0.25, -0.2) is 0 Å². The van der Waals surface area contributed by atoms with Gasteiger partial charge in [0.1, 0.15) is 46.0 Å². The number of rotatable bonds is 80. The lowest BCUT2D eigenvalue weighted by Gasteiger charge is -2.14. The molecule has 0 atom stereocenters. The van der Waals surface area contributed by atoms with Crippen LogP contribution in [-0.2, 0) is 0 Å². The van der Waals surface area contributed by atoms with E-state index in [1.807, 2.05) is 84.9 Å². The van der Waals surface area contributed by atoms with Crippen molar-refractivity contribution in [3.8, 4) is 190 Å². The summed E-state index contributed by atoms with van der Waals surface area (Å²) in [6.45, 7) is 22.4. The zero-order chi connectivity index (χ0) is 105. The van der Waals surface area contributed by atoms with Crippen molar-refractivity contribution in [2.75, 3.05) is 52.9 Å². The first-order chi connectivity index (χ1) is 73.1. The van der Waals surface area contributed by atoms with Crippen LogP contribution in [0.4, 0.5) is 0 Å². The summed E-state index contributed by atoms with van der Waals surface area (Å²) in [6, 6.07) is 27.4. The van der Waals surface area contributed by atoms with Crippen molar-refractivity contribution in [2.24, 2.45) is 0 Å². The SMILES string of the molecule is C#Cc1cc(OCCCCCCCCCC)c(C#Cc2cc(C#CC#CC#CC#Cc3cc(C#Cc4cc(OCCCCCCCCCC)c(C#C)cc4OCCCCCCCCCC)cc(C#Cc4cc(OCCCCCCCCCC)c(C#C)cc4OCCCCCCCCCC)c3)cc(C#Cc3cc(OCCCCCCCCCC)c(C#C)cc3OCCCCCCCCCC)c2)cc1OCCCCCCCCCC. The van der Waals surface area contributed by atoms with Gasteiger partial charge in [-0.2, -0.15) is 0 Å². The summed E-state index contributed by atoms with van der Waals surface area (Å²) < 4.78 is 52.8. The van der Waals surface area contributed by atoms with E-state index in [1.54, 1.807) is 0 Å². The number of unbranched alkanes of at least 4 members (excludes halogenated alkanes) is 56. The zero-order valence-electron chi connectivity index (χ0n) is 93.6. The molecular weight excluding hydrogens is 1810 g/mol. The molecule has 6 aromatic rings. The molecule has 0 bridgehead atoms. The first-order valence-electron chi connectivity index (χ1n) is 59.1. The predicted octanol–water partition coefficient (Wildman–Crippen LogP) is 36.8. The molecule has 0 radical (unpaired) electrons. The molecule has 0 saturated carbocycles. The van der Waals surface area contributed by atoms with Gasteiger partial charge in [-0.1, -0.05) is 498 Å². The van der Waals surface area contributed by atoms with Crippen LogP contribution in [0.1, 0.15) is 544 Å².